The van der Waals surface area contributed by atoms with Crippen molar-refractivity contribution in [3.63, 3.8) is 0 Å². The lowest BCUT2D eigenvalue weighted by Gasteiger charge is -2.09. The molecule has 0 atom stereocenters. The molecule has 132 valence electrons. The summed E-state index contributed by atoms with van der Waals surface area (Å²) in [6, 6.07) is 19.8. The van der Waals surface area contributed by atoms with Crippen molar-refractivity contribution >= 4 is 40.8 Å². The van der Waals surface area contributed by atoms with E-state index in [9.17, 15) is 0 Å². The molecule has 3 rings (SSSR count). The number of aryl methyl sites for hydroxylation is 1. The molecule has 3 aromatic rings. The molecule has 0 bridgehead atoms. The number of hydrogen-bond acceptors (Lipinski definition) is 2. The Balaban J connectivity index is 1.60. The number of aromatic nitrogens is 1. The maximum absolute atomic E-state index is 6.05. The van der Waals surface area contributed by atoms with E-state index in [0.29, 0.717) is 5.11 Å². The van der Waals surface area contributed by atoms with Crippen LogP contribution in [0.1, 0.15) is 16.8 Å². The third kappa shape index (κ3) is 4.94. The average molecular weight is 383 g/mol. The van der Waals surface area contributed by atoms with Crippen LogP contribution < -0.4 is 10.7 Å². The van der Waals surface area contributed by atoms with E-state index in [-0.39, 0.29) is 0 Å². The normalized spacial score (nSPS) is 10.8. The third-order valence-corrected chi connectivity index (χ3v) is 4.29. The Labute approximate surface area is 163 Å². The van der Waals surface area contributed by atoms with Gasteiger partial charge in [0.25, 0.3) is 0 Å². The van der Waals surface area contributed by atoms with Crippen molar-refractivity contribution in [3.8, 4) is 0 Å². The number of rotatable bonds is 5. The summed E-state index contributed by atoms with van der Waals surface area (Å²) in [4.78, 5) is 0. The number of nitrogens with zero attached hydrogens (tertiary/aromatic N) is 2. The second-order valence-corrected chi connectivity index (χ2v) is 6.67. The molecule has 1 heterocycles. The zero-order valence-electron chi connectivity index (χ0n) is 14.3. The predicted octanol–water partition coefficient (Wildman–Crippen LogP) is 4.82. The predicted molar refractivity (Wildman–Crippen MR) is 113 cm³/mol. The van der Waals surface area contributed by atoms with E-state index in [1.165, 1.54) is 0 Å². The van der Waals surface area contributed by atoms with Crippen LogP contribution in [0.15, 0.2) is 72.0 Å². The van der Waals surface area contributed by atoms with Gasteiger partial charge in [-0.2, -0.15) is 5.10 Å². The van der Waals surface area contributed by atoms with Crippen LogP contribution in [-0.4, -0.2) is 15.9 Å². The van der Waals surface area contributed by atoms with Crippen LogP contribution in [0.25, 0.3) is 0 Å². The van der Waals surface area contributed by atoms with E-state index >= 15 is 0 Å². The molecule has 0 amide bonds. The molecule has 0 fully saturated rings. The van der Waals surface area contributed by atoms with Crippen molar-refractivity contribution in [1.82, 2.24) is 9.99 Å². The lowest BCUT2D eigenvalue weighted by atomic mass is 10.2. The third-order valence-electron chi connectivity index (χ3n) is 3.86. The van der Waals surface area contributed by atoms with Crippen molar-refractivity contribution in [1.29, 1.82) is 0 Å². The summed E-state index contributed by atoms with van der Waals surface area (Å²) < 4.78 is 2.09. The topological polar surface area (TPSA) is 41.4 Å². The van der Waals surface area contributed by atoms with Gasteiger partial charge in [0.2, 0.25) is 0 Å². The first kappa shape index (κ1) is 18.2. The SMILES string of the molecule is Cc1ccccc1NC(=S)N/N=C\c1cccn1Cc1cccc(Cl)c1. The van der Waals surface area contributed by atoms with Crippen LogP contribution >= 0.6 is 23.8 Å². The number of halogens is 1. The molecule has 0 spiro atoms. The Morgan fingerprint density at radius 1 is 1.15 bits per heavy atom. The highest BCUT2D eigenvalue weighted by Crippen LogP contribution is 2.14. The first-order valence-corrected chi connectivity index (χ1v) is 8.96. The van der Waals surface area contributed by atoms with Gasteiger partial charge in [-0.1, -0.05) is 41.9 Å². The summed E-state index contributed by atoms with van der Waals surface area (Å²) in [5, 5.41) is 8.55. The molecule has 0 aliphatic carbocycles. The number of anilines is 1. The zero-order valence-corrected chi connectivity index (χ0v) is 15.9. The maximum atomic E-state index is 6.05. The summed E-state index contributed by atoms with van der Waals surface area (Å²) in [5.74, 6) is 0. The monoisotopic (exact) mass is 382 g/mol. The van der Waals surface area contributed by atoms with Crippen molar-refractivity contribution in [2.45, 2.75) is 13.5 Å². The highest BCUT2D eigenvalue weighted by atomic mass is 35.5. The molecule has 0 aliphatic rings. The number of nitrogens with one attached hydrogen (secondary N) is 2. The summed E-state index contributed by atoms with van der Waals surface area (Å²) in [7, 11) is 0. The number of thiocarbonyl (C=S) groups is 1. The molecule has 4 nitrogen and oxygen atoms in total. The van der Waals surface area contributed by atoms with Crippen molar-refractivity contribution in [3.05, 3.63) is 88.7 Å². The van der Waals surface area contributed by atoms with Crippen LogP contribution in [0, 0.1) is 6.92 Å². The van der Waals surface area contributed by atoms with Crippen LogP contribution in [0.3, 0.4) is 0 Å². The van der Waals surface area contributed by atoms with E-state index in [0.717, 1.165) is 34.1 Å². The van der Waals surface area contributed by atoms with Gasteiger partial charge in [-0.15, -0.1) is 0 Å². The summed E-state index contributed by atoms with van der Waals surface area (Å²) >= 11 is 11.3. The van der Waals surface area contributed by atoms with Crippen LogP contribution in [-0.2, 0) is 6.54 Å². The van der Waals surface area contributed by atoms with Crippen molar-refractivity contribution < 1.29 is 0 Å². The van der Waals surface area contributed by atoms with Crippen molar-refractivity contribution in [2.75, 3.05) is 5.32 Å². The standard InChI is InChI=1S/C20H19ClN4S/c1-15-6-2-3-10-19(15)23-20(26)24-22-13-18-9-5-11-25(18)14-16-7-4-8-17(21)12-16/h2-13H,14H2,1H3,(H2,23,24,26)/b22-13-. The molecule has 0 saturated heterocycles. The minimum atomic E-state index is 0.448. The second kappa shape index (κ2) is 8.65. The van der Waals surface area contributed by atoms with Gasteiger partial charge in [0.15, 0.2) is 5.11 Å². The van der Waals surface area contributed by atoms with Gasteiger partial charge in [-0.05, 0) is 60.6 Å². The zero-order chi connectivity index (χ0) is 18.4. The Kier molecular flexibility index (Phi) is 6.04. The fraction of sp³-hybridized carbons (Fsp3) is 0.100. The quantitative estimate of drug-likeness (QED) is 0.377. The highest BCUT2D eigenvalue weighted by Gasteiger charge is 2.02. The van der Waals surface area contributed by atoms with Gasteiger partial charge >= 0.3 is 0 Å². The van der Waals surface area contributed by atoms with Gasteiger partial charge in [-0.25, -0.2) is 0 Å². The number of para-hydroxylation sites is 1. The van der Waals surface area contributed by atoms with E-state index < -0.39 is 0 Å². The average Bonchev–Trinajstić information content (AvgIpc) is 3.04. The fourth-order valence-corrected chi connectivity index (χ4v) is 2.92. The molecule has 2 aromatic carbocycles. The summed E-state index contributed by atoms with van der Waals surface area (Å²) in [6.07, 6.45) is 3.75. The molecular weight excluding hydrogens is 364 g/mol. The minimum Gasteiger partial charge on any atom is -0.342 e. The highest BCUT2D eigenvalue weighted by molar-refractivity contribution is 7.80. The van der Waals surface area contributed by atoms with E-state index in [2.05, 4.69) is 20.4 Å². The molecular formula is C20H19ClN4S. The smallest absolute Gasteiger partial charge is 0.191 e. The van der Waals surface area contributed by atoms with Gasteiger partial charge < -0.3 is 9.88 Å². The lowest BCUT2D eigenvalue weighted by molar-refractivity contribution is 0.799. The van der Waals surface area contributed by atoms with Crippen molar-refractivity contribution in [2.24, 2.45) is 5.10 Å². The minimum absolute atomic E-state index is 0.448. The maximum Gasteiger partial charge on any atom is 0.191 e. The Hall–Kier alpha value is -2.63. The largest absolute Gasteiger partial charge is 0.342 e. The molecule has 2 N–H and O–H groups in total. The summed E-state index contributed by atoms with van der Waals surface area (Å²) in [5.41, 5.74) is 7.04. The Morgan fingerprint density at radius 3 is 2.81 bits per heavy atom. The van der Waals surface area contributed by atoms with Gasteiger partial charge in [0.1, 0.15) is 0 Å². The molecule has 26 heavy (non-hydrogen) atoms. The second-order valence-electron chi connectivity index (χ2n) is 5.83. The number of hydrazone groups is 1. The lowest BCUT2D eigenvalue weighted by Crippen LogP contribution is -2.24. The molecule has 6 heteroatoms. The Morgan fingerprint density at radius 2 is 2.00 bits per heavy atom. The fourth-order valence-electron chi connectivity index (χ4n) is 2.54. The first-order chi connectivity index (χ1) is 12.6. The Bertz CT molecular complexity index is 933. The van der Waals surface area contributed by atoms with E-state index in [4.69, 9.17) is 23.8 Å². The molecule has 1 aromatic heterocycles. The molecule has 0 unspecified atom stereocenters. The van der Waals surface area contributed by atoms with Gasteiger partial charge in [-0.3, -0.25) is 5.43 Å². The first-order valence-electron chi connectivity index (χ1n) is 8.17. The van der Waals surface area contributed by atoms with E-state index in [1.54, 1.807) is 6.21 Å². The van der Waals surface area contributed by atoms with Gasteiger partial charge in [0, 0.05) is 23.5 Å². The molecule has 0 aliphatic heterocycles. The van der Waals surface area contributed by atoms with E-state index in [1.807, 2.05) is 73.8 Å². The molecule has 0 saturated carbocycles. The van der Waals surface area contributed by atoms with Gasteiger partial charge in [0.05, 0.1) is 11.9 Å². The number of benzene rings is 2. The van der Waals surface area contributed by atoms with Crippen LogP contribution in [0.5, 0.6) is 0 Å². The van der Waals surface area contributed by atoms with Crippen LogP contribution in [0.2, 0.25) is 5.02 Å². The summed E-state index contributed by atoms with van der Waals surface area (Å²) in [6.45, 7) is 2.75. The van der Waals surface area contributed by atoms with Crippen LogP contribution in [0.4, 0.5) is 5.69 Å². The number of hydrogen-bond donors (Lipinski definition) is 2. The molecule has 0 radical (unpaired) electrons.